The van der Waals surface area contributed by atoms with E-state index in [4.69, 9.17) is 15.5 Å². The summed E-state index contributed by atoms with van der Waals surface area (Å²) in [5.41, 5.74) is 2.09. The zero-order chi connectivity index (χ0) is 24.1. The largest absolute Gasteiger partial charge is 0.417 e. The van der Waals surface area contributed by atoms with Crippen molar-refractivity contribution in [3.8, 4) is 6.07 Å². The summed E-state index contributed by atoms with van der Waals surface area (Å²) in [7, 11) is 0. The van der Waals surface area contributed by atoms with Gasteiger partial charge in [-0.2, -0.15) is 36.6 Å². The van der Waals surface area contributed by atoms with Gasteiger partial charge in [-0.1, -0.05) is 5.16 Å². The Kier molecular flexibility index (Phi) is 7.13. The molecule has 10 nitrogen and oxygen atoms in total. The summed E-state index contributed by atoms with van der Waals surface area (Å²) in [5.74, 6) is -0.596. The second kappa shape index (κ2) is 9.41. The molecule has 0 saturated carbocycles. The van der Waals surface area contributed by atoms with Crippen molar-refractivity contribution in [3.63, 3.8) is 0 Å². The quantitative estimate of drug-likeness (QED) is 0.555. The molecule has 0 radical (unpaired) electrons. The van der Waals surface area contributed by atoms with Gasteiger partial charge in [0.25, 0.3) is 0 Å². The lowest BCUT2D eigenvalue weighted by Crippen LogP contribution is -2.41. The van der Waals surface area contributed by atoms with E-state index in [0.717, 1.165) is 12.1 Å². The van der Waals surface area contributed by atoms with Crippen molar-refractivity contribution in [1.82, 2.24) is 20.8 Å². The van der Waals surface area contributed by atoms with Gasteiger partial charge < -0.3 is 20.5 Å². The number of nitrogens with one attached hydrogen (secondary N) is 2. The number of aromatic nitrogens is 2. The predicted molar refractivity (Wildman–Crippen MR) is 92.5 cm³/mol. The molecule has 4 amide bonds. The Hall–Kier alpha value is -4.03. The van der Waals surface area contributed by atoms with Crippen LogP contribution in [-0.4, -0.2) is 34.9 Å². The average Bonchev–Trinajstić information content (AvgIpc) is 3.10. The number of hydrogen-bond acceptors (Lipinski definition) is 7. The number of carbonyl (C=O) groups excluding carboxylic acids is 2. The van der Waals surface area contributed by atoms with E-state index in [0.29, 0.717) is 11.0 Å². The molecule has 2 aromatic rings. The highest BCUT2D eigenvalue weighted by Crippen LogP contribution is 2.35. The third-order valence-electron chi connectivity index (χ3n) is 3.64. The number of amides is 4. The van der Waals surface area contributed by atoms with E-state index in [9.17, 15) is 35.9 Å². The number of nitrogens with zero attached hydrogens (tertiary/aromatic N) is 4. The van der Waals surface area contributed by atoms with Gasteiger partial charge in [-0.3, -0.25) is 5.32 Å². The Morgan fingerprint density at radius 3 is 2.47 bits per heavy atom. The number of primary amides is 1. The summed E-state index contributed by atoms with van der Waals surface area (Å²) in [6.45, 7) is -2.78. The molecular weight excluding hydrogens is 452 g/mol. The summed E-state index contributed by atoms with van der Waals surface area (Å²) in [4.78, 5) is 26.0. The van der Waals surface area contributed by atoms with Crippen molar-refractivity contribution in [2.75, 3.05) is 11.4 Å². The van der Waals surface area contributed by atoms with E-state index >= 15 is 0 Å². The standard InChI is InChI=1S/C16H13F6N7O3/c17-15(18,19)7-29(9-2-1-8(4-23)10(3-9)16(20,21)22)6-11-26-12(32-28-11)5-25-14(31)27-13(24)30/h1-3H,5-7H2,(H4,24,25,27,30,31). The van der Waals surface area contributed by atoms with Crippen molar-refractivity contribution >= 4 is 17.7 Å². The van der Waals surface area contributed by atoms with Crippen LogP contribution in [0.15, 0.2) is 22.7 Å². The maximum atomic E-state index is 13.2. The highest BCUT2D eigenvalue weighted by Gasteiger charge is 2.36. The molecule has 0 aliphatic heterocycles. The fourth-order valence-corrected chi connectivity index (χ4v) is 2.42. The molecule has 0 bridgehead atoms. The number of halogens is 6. The fraction of sp³-hybridized carbons (Fsp3) is 0.312. The molecule has 1 aromatic heterocycles. The molecule has 4 N–H and O–H groups in total. The Morgan fingerprint density at radius 2 is 1.91 bits per heavy atom. The van der Waals surface area contributed by atoms with Crippen LogP contribution in [0.4, 0.5) is 41.6 Å². The smallest absolute Gasteiger partial charge is 0.355 e. The molecule has 172 valence electrons. The van der Waals surface area contributed by atoms with Crippen LogP contribution in [0.25, 0.3) is 0 Å². The van der Waals surface area contributed by atoms with E-state index in [1.165, 1.54) is 6.07 Å². The van der Waals surface area contributed by atoms with Crippen LogP contribution in [0.3, 0.4) is 0 Å². The van der Waals surface area contributed by atoms with Crippen molar-refractivity contribution in [3.05, 3.63) is 41.0 Å². The van der Waals surface area contributed by atoms with Gasteiger partial charge in [0.15, 0.2) is 5.82 Å². The lowest BCUT2D eigenvalue weighted by atomic mass is 10.1. The number of alkyl halides is 6. The van der Waals surface area contributed by atoms with Gasteiger partial charge in [-0.25, -0.2) is 9.59 Å². The molecule has 0 aliphatic rings. The molecular formula is C16H13F6N7O3. The third kappa shape index (κ3) is 7.04. The summed E-state index contributed by atoms with van der Waals surface area (Å²) >= 11 is 0. The molecule has 0 spiro atoms. The van der Waals surface area contributed by atoms with E-state index in [1.807, 2.05) is 0 Å². The number of carbonyl (C=O) groups is 2. The minimum Gasteiger partial charge on any atom is -0.355 e. The van der Waals surface area contributed by atoms with E-state index < -0.39 is 60.9 Å². The van der Waals surface area contributed by atoms with Gasteiger partial charge in [0.2, 0.25) is 5.89 Å². The van der Waals surface area contributed by atoms with E-state index in [1.54, 1.807) is 5.32 Å². The molecule has 0 aliphatic carbocycles. The minimum atomic E-state index is -4.97. The maximum Gasteiger partial charge on any atom is 0.417 e. The summed E-state index contributed by atoms with van der Waals surface area (Å²) in [5, 5.41) is 16.0. The number of urea groups is 2. The Bertz CT molecular complexity index is 1030. The van der Waals surface area contributed by atoms with Crippen LogP contribution in [0.2, 0.25) is 0 Å². The van der Waals surface area contributed by atoms with Gasteiger partial charge in [0.1, 0.15) is 6.54 Å². The molecule has 16 heteroatoms. The summed E-state index contributed by atoms with van der Waals surface area (Å²) < 4.78 is 83.3. The number of imide groups is 1. The van der Waals surface area contributed by atoms with E-state index in [2.05, 4.69) is 15.5 Å². The maximum absolute atomic E-state index is 13.2. The lowest BCUT2D eigenvalue weighted by molar-refractivity contribution is -0.137. The molecule has 1 heterocycles. The Balaban J connectivity index is 2.25. The summed E-state index contributed by atoms with van der Waals surface area (Å²) in [6, 6.07) is 1.29. The fourth-order valence-electron chi connectivity index (χ4n) is 2.42. The number of anilines is 1. The third-order valence-corrected chi connectivity index (χ3v) is 3.64. The van der Waals surface area contributed by atoms with Crippen molar-refractivity contribution in [1.29, 1.82) is 5.26 Å². The first-order valence-corrected chi connectivity index (χ1v) is 8.37. The Labute approximate surface area is 175 Å². The molecule has 0 unspecified atom stereocenters. The molecule has 32 heavy (non-hydrogen) atoms. The first-order chi connectivity index (χ1) is 14.8. The monoisotopic (exact) mass is 465 g/mol. The van der Waals surface area contributed by atoms with Crippen LogP contribution < -0.4 is 21.3 Å². The number of rotatable bonds is 6. The molecule has 2 rings (SSSR count). The zero-order valence-electron chi connectivity index (χ0n) is 15.7. The first kappa shape index (κ1) is 24.2. The van der Waals surface area contributed by atoms with Crippen LogP contribution >= 0.6 is 0 Å². The van der Waals surface area contributed by atoms with Crippen molar-refractivity contribution in [2.45, 2.75) is 25.4 Å². The number of hydrogen-bond donors (Lipinski definition) is 3. The van der Waals surface area contributed by atoms with Gasteiger partial charge in [0, 0.05) is 5.69 Å². The Morgan fingerprint density at radius 1 is 1.22 bits per heavy atom. The zero-order valence-corrected chi connectivity index (χ0v) is 15.7. The topological polar surface area (TPSA) is 150 Å². The molecule has 0 fully saturated rings. The lowest BCUT2D eigenvalue weighted by Gasteiger charge is -2.25. The number of nitrogens with two attached hydrogens (primary N) is 1. The van der Waals surface area contributed by atoms with Crippen molar-refractivity contribution < 1.29 is 40.5 Å². The molecule has 0 atom stereocenters. The van der Waals surface area contributed by atoms with Crippen LogP contribution in [0, 0.1) is 11.3 Å². The second-order valence-electron chi connectivity index (χ2n) is 6.09. The highest BCUT2D eigenvalue weighted by atomic mass is 19.4. The van der Waals surface area contributed by atoms with Gasteiger partial charge >= 0.3 is 24.4 Å². The summed E-state index contributed by atoms with van der Waals surface area (Å²) in [6.07, 6.45) is -9.77. The van der Waals surface area contributed by atoms with Crippen LogP contribution in [0.1, 0.15) is 22.8 Å². The van der Waals surface area contributed by atoms with Gasteiger partial charge in [-0.15, -0.1) is 0 Å². The van der Waals surface area contributed by atoms with Crippen molar-refractivity contribution in [2.24, 2.45) is 5.73 Å². The van der Waals surface area contributed by atoms with Gasteiger partial charge in [0.05, 0.1) is 30.3 Å². The molecule has 0 saturated heterocycles. The molecule has 1 aromatic carbocycles. The normalized spacial score (nSPS) is 11.5. The van der Waals surface area contributed by atoms with Crippen LogP contribution in [0.5, 0.6) is 0 Å². The second-order valence-corrected chi connectivity index (χ2v) is 6.09. The van der Waals surface area contributed by atoms with Crippen LogP contribution in [-0.2, 0) is 19.3 Å². The number of benzene rings is 1. The predicted octanol–water partition coefficient (Wildman–Crippen LogP) is 2.41. The highest BCUT2D eigenvalue weighted by molar-refractivity contribution is 5.92. The van der Waals surface area contributed by atoms with E-state index in [-0.39, 0.29) is 11.7 Å². The SMILES string of the molecule is N#Cc1ccc(N(Cc2noc(CNC(=O)NC(N)=O)n2)CC(F)(F)F)cc1C(F)(F)F. The minimum absolute atomic E-state index is 0.262. The first-order valence-electron chi connectivity index (χ1n) is 8.37. The van der Waals surface area contributed by atoms with Gasteiger partial charge in [-0.05, 0) is 18.2 Å². The average molecular weight is 465 g/mol. The number of nitriles is 1.